The molecule has 0 saturated heterocycles. The van der Waals surface area contributed by atoms with Crippen LogP contribution in [0.15, 0.2) is 82.7 Å². The lowest BCUT2D eigenvalue weighted by molar-refractivity contribution is 0.0997. The summed E-state index contributed by atoms with van der Waals surface area (Å²) in [7, 11) is 3.99. The van der Waals surface area contributed by atoms with Crippen LogP contribution < -0.4 is 10.1 Å². The molecule has 2 aromatic heterocycles. The van der Waals surface area contributed by atoms with Crippen LogP contribution in [0, 0.1) is 4.91 Å². The highest BCUT2D eigenvalue weighted by Gasteiger charge is 2.25. The number of amides is 1. The van der Waals surface area contributed by atoms with Gasteiger partial charge in [-0.05, 0) is 86.1 Å². The van der Waals surface area contributed by atoms with Crippen LogP contribution in [-0.2, 0) is 6.42 Å². The topological polar surface area (TPSA) is 97.0 Å². The average Bonchev–Trinajstić information content (AvgIpc) is 3.54. The first-order valence-corrected chi connectivity index (χ1v) is 12.2. The van der Waals surface area contributed by atoms with Crippen molar-refractivity contribution in [1.29, 1.82) is 0 Å². The molecule has 1 unspecified atom stereocenters. The maximum Gasteiger partial charge on any atom is 0.291 e. The Balaban J connectivity index is 1.40. The summed E-state index contributed by atoms with van der Waals surface area (Å²) in [5.74, 6) is 1.17. The number of furan rings is 1. The van der Waals surface area contributed by atoms with Crippen molar-refractivity contribution in [2.75, 3.05) is 32.6 Å². The second kappa shape index (κ2) is 10.8. The second-order valence-electron chi connectivity index (χ2n) is 9.29. The summed E-state index contributed by atoms with van der Waals surface area (Å²) in [6, 6.07) is 18.4. The van der Waals surface area contributed by atoms with Gasteiger partial charge in [-0.2, -0.15) is 4.91 Å². The number of pyridine rings is 1. The van der Waals surface area contributed by atoms with Crippen molar-refractivity contribution in [2.24, 2.45) is 5.18 Å². The van der Waals surface area contributed by atoms with Gasteiger partial charge in [-0.1, -0.05) is 23.4 Å². The standard InChI is InChI=1S/C29H28N4O4/c1-33(2)15-16-36-23-7-5-22(6-8-23)31-29(34)27-18-25(28(37-27)19-11-13-30-14-12-19)21-3-9-24-20(17-21)4-10-26(24)32-35/h3,5-9,11-14,17-18,26H,4,10,15-16H2,1-2H3,(H,31,34). The van der Waals surface area contributed by atoms with Gasteiger partial charge in [0.1, 0.15) is 24.2 Å². The van der Waals surface area contributed by atoms with Crippen molar-refractivity contribution in [3.05, 3.63) is 94.9 Å². The van der Waals surface area contributed by atoms with E-state index in [1.54, 1.807) is 30.6 Å². The molecular formula is C29H28N4O4. The summed E-state index contributed by atoms with van der Waals surface area (Å²) in [5.41, 5.74) is 5.24. The second-order valence-corrected chi connectivity index (χ2v) is 9.29. The zero-order valence-electron chi connectivity index (χ0n) is 20.8. The predicted molar refractivity (Wildman–Crippen MR) is 143 cm³/mol. The fourth-order valence-corrected chi connectivity index (χ4v) is 4.48. The Labute approximate surface area is 215 Å². The molecule has 0 spiro atoms. The van der Waals surface area contributed by atoms with E-state index in [9.17, 15) is 9.70 Å². The van der Waals surface area contributed by atoms with Gasteiger partial charge in [-0.25, -0.2) is 0 Å². The van der Waals surface area contributed by atoms with Crippen LogP contribution in [0.1, 0.15) is 34.1 Å². The molecule has 188 valence electrons. The van der Waals surface area contributed by atoms with Gasteiger partial charge in [-0.15, -0.1) is 0 Å². The lowest BCUT2D eigenvalue weighted by atomic mass is 9.98. The van der Waals surface area contributed by atoms with E-state index in [2.05, 4.69) is 21.5 Å². The maximum atomic E-state index is 13.1. The molecule has 0 radical (unpaired) electrons. The predicted octanol–water partition coefficient (Wildman–Crippen LogP) is 5.96. The number of ether oxygens (including phenoxy) is 1. The molecule has 1 amide bonds. The Bertz CT molecular complexity index is 1400. The van der Waals surface area contributed by atoms with Gasteiger partial charge < -0.3 is 19.4 Å². The van der Waals surface area contributed by atoms with Crippen LogP contribution in [0.3, 0.4) is 0 Å². The van der Waals surface area contributed by atoms with Crippen LogP contribution in [0.25, 0.3) is 22.5 Å². The summed E-state index contributed by atoms with van der Waals surface area (Å²) >= 11 is 0. The molecule has 4 aromatic rings. The van der Waals surface area contributed by atoms with Gasteiger partial charge in [0.25, 0.3) is 5.91 Å². The Hall–Kier alpha value is -4.30. The number of nitrogens with one attached hydrogen (secondary N) is 1. The highest BCUT2D eigenvalue weighted by Crippen LogP contribution is 2.40. The van der Waals surface area contributed by atoms with E-state index in [-0.39, 0.29) is 17.7 Å². The number of aromatic nitrogens is 1. The van der Waals surface area contributed by atoms with Crippen LogP contribution in [0.2, 0.25) is 0 Å². The molecule has 5 rings (SSSR count). The number of fused-ring (bicyclic) bond motifs is 1. The molecule has 1 aliphatic carbocycles. The van der Waals surface area contributed by atoms with Crippen molar-refractivity contribution in [2.45, 2.75) is 18.9 Å². The minimum Gasteiger partial charge on any atom is -0.492 e. The van der Waals surface area contributed by atoms with Crippen LogP contribution in [0.5, 0.6) is 5.75 Å². The van der Waals surface area contributed by atoms with E-state index in [0.717, 1.165) is 53.0 Å². The van der Waals surface area contributed by atoms with E-state index in [1.165, 1.54) is 0 Å². The van der Waals surface area contributed by atoms with Crippen molar-refractivity contribution < 1.29 is 13.9 Å². The number of aryl methyl sites for hydroxylation is 1. The van der Waals surface area contributed by atoms with Gasteiger partial charge in [0.05, 0.1) is 0 Å². The van der Waals surface area contributed by atoms with Crippen LogP contribution >= 0.6 is 0 Å². The molecule has 2 aromatic carbocycles. The van der Waals surface area contributed by atoms with E-state index in [1.807, 2.05) is 55.4 Å². The third-order valence-corrected chi connectivity index (χ3v) is 6.45. The summed E-state index contributed by atoms with van der Waals surface area (Å²) in [6.45, 7) is 1.40. The molecule has 0 aliphatic heterocycles. The fourth-order valence-electron chi connectivity index (χ4n) is 4.48. The van der Waals surface area contributed by atoms with Gasteiger partial charge >= 0.3 is 0 Å². The number of likely N-dealkylation sites (N-methyl/N-ethyl adjacent to an activating group) is 1. The maximum absolute atomic E-state index is 13.1. The number of nitrogens with zero attached hydrogens (tertiary/aromatic N) is 3. The van der Waals surface area contributed by atoms with E-state index >= 15 is 0 Å². The molecule has 1 N–H and O–H groups in total. The summed E-state index contributed by atoms with van der Waals surface area (Å²) in [6.07, 6.45) is 4.89. The van der Waals surface area contributed by atoms with Crippen molar-refractivity contribution in [3.8, 4) is 28.2 Å². The molecule has 1 atom stereocenters. The lowest BCUT2D eigenvalue weighted by Gasteiger charge is -2.11. The smallest absolute Gasteiger partial charge is 0.291 e. The van der Waals surface area contributed by atoms with Crippen LogP contribution in [0.4, 0.5) is 5.69 Å². The Morgan fingerprint density at radius 2 is 1.86 bits per heavy atom. The average molecular weight is 497 g/mol. The number of anilines is 1. The number of nitroso groups, excluding NO2 is 1. The molecule has 0 saturated carbocycles. The summed E-state index contributed by atoms with van der Waals surface area (Å²) in [5, 5.41) is 6.15. The van der Waals surface area contributed by atoms with Gasteiger partial charge in [0, 0.05) is 35.8 Å². The molecule has 0 fully saturated rings. The van der Waals surface area contributed by atoms with E-state index < -0.39 is 0 Å². The third-order valence-electron chi connectivity index (χ3n) is 6.45. The monoisotopic (exact) mass is 496 g/mol. The first-order valence-electron chi connectivity index (χ1n) is 12.2. The quantitative estimate of drug-likeness (QED) is 0.287. The normalized spacial score (nSPS) is 14.4. The zero-order valence-corrected chi connectivity index (χ0v) is 20.8. The van der Waals surface area contributed by atoms with Gasteiger partial charge in [-0.3, -0.25) is 9.78 Å². The number of rotatable bonds is 9. The largest absolute Gasteiger partial charge is 0.492 e. The van der Waals surface area contributed by atoms with E-state index in [0.29, 0.717) is 18.1 Å². The highest BCUT2D eigenvalue weighted by atomic mass is 16.5. The first kappa shape index (κ1) is 24.4. The Kier molecular flexibility index (Phi) is 7.09. The zero-order chi connectivity index (χ0) is 25.8. The van der Waals surface area contributed by atoms with E-state index in [4.69, 9.17) is 9.15 Å². The van der Waals surface area contributed by atoms with Gasteiger partial charge in [0.15, 0.2) is 5.76 Å². The molecule has 2 heterocycles. The number of hydrogen-bond acceptors (Lipinski definition) is 7. The Morgan fingerprint density at radius 3 is 2.59 bits per heavy atom. The minimum absolute atomic E-state index is 0.195. The lowest BCUT2D eigenvalue weighted by Crippen LogP contribution is -2.19. The van der Waals surface area contributed by atoms with Crippen molar-refractivity contribution in [1.82, 2.24) is 9.88 Å². The molecule has 0 bridgehead atoms. The molecular weight excluding hydrogens is 468 g/mol. The van der Waals surface area contributed by atoms with Crippen molar-refractivity contribution >= 4 is 11.6 Å². The summed E-state index contributed by atoms with van der Waals surface area (Å²) < 4.78 is 11.8. The minimum atomic E-state index is -0.353. The highest BCUT2D eigenvalue weighted by molar-refractivity contribution is 6.04. The first-order chi connectivity index (χ1) is 18.0. The fraction of sp³-hybridized carbons (Fsp3) is 0.241. The number of carbonyl (C=O) groups is 1. The van der Waals surface area contributed by atoms with Crippen molar-refractivity contribution in [3.63, 3.8) is 0 Å². The Morgan fingerprint density at radius 1 is 1.08 bits per heavy atom. The SMILES string of the molecule is CN(C)CCOc1ccc(NC(=O)c2cc(-c3ccc4c(c3)CCC4N=O)c(-c3ccncc3)o2)cc1. The third kappa shape index (κ3) is 5.44. The number of benzene rings is 2. The molecule has 8 heteroatoms. The summed E-state index contributed by atoms with van der Waals surface area (Å²) in [4.78, 5) is 30.4. The van der Waals surface area contributed by atoms with Crippen LogP contribution in [-0.4, -0.2) is 43.0 Å². The molecule has 1 aliphatic rings. The number of hydrogen-bond donors (Lipinski definition) is 1. The molecule has 37 heavy (non-hydrogen) atoms. The van der Waals surface area contributed by atoms with Gasteiger partial charge in [0.2, 0.25) is 0 Å². The molecule has 8 nitrogen and oxygen atoms in total. The number of carbonyl (C=O) groups excluding carboxylic acids is 1.